The topological polar surface area (TPSA) is 89.7 Å². The third-order valence-corrected chi connectivity index (χ3v) is 5.94. The van der Waals surface area contributed by atoms with Gasteiger partial charge in [-0.05, 0) is 74.0 Å². The number of hydroxylamine groups is 1. The molecule has 0 saturated heterocycles. The van der Waals surface area contributed by atoms with E-state index in [9.17, 15) is 27.2 Å². The van der Waals surface area contributed by atoms with Gasteiger partial charge < -0.3 is 4.84 Å². The van der Waals surface area contributed by atoms with Crippen molar-refractivity contribution >= 4 is 23.3 Å². The van der Waals surface area contributed by atoms with Crippen LogP contribution in [0.2, 0.25) is 0 Å². The fraction of sp³-hybridized carbons (Fsp3) is 0.107. The predicted molar refractivity (Wildman–Crippen MR) is 136 cm³/mol. The molecule has 0 radical (unpaired) electrons. The van der Waals surface area contributed by atoms with E-state index in [1.165, 1.54) is 53.3 Å². The lowest BCUT2D eigenvalue weighted by Crippen LogP contribution is -2.39. The number of hydrogen-bond acceptors (Lipinski definition) is 6. The second-order valence-corrected chi connectivity index (χ2v) is 8.81. The molecule has 0 bridgehead atoms. The molecule has 5 aromatic rings. The average Bonchev–Trinajstić information content (AvgIpc) is 3.32. The molecule has 3 aromatic heterocycles. The molecule has 0 spiro atoms. The molecule has 1 amide bonds. The largest absolute Gasteiger partial charge is 0.493 e. The van der Waals surface area contributed by atoms with E-state index in [0.717, 1.165) is 5.56 Å². The summed E-state index contributed by atoms with van der Waals surface area (Å²) in [5, 5.41) is 4.53. The van der Waals surface area contributed by atoms with E-state index in [2.05, 4.69) is 19.9 Å². The van der Waals surface area contributed by atoms with Gasteiger partial charge in [-0.2, -0.15) is 18.3 Å². The third-order valence-electron chi connectivity index (χ3n) is 5.94. The van der Waals surface area contributed by atoms with Gasteiger partial charge in [0.1, 0.15) is 11.5 Å². The van der Waals surface area contributed by atoms with Crippen LogP contribution in [0.4, 0.5) is 23.4 Å². The summed E-state index contributed by atoms with van der Waals surface area (Å²) in [6, 6.07) is 16.5. The number of amides is 1. The highest BCUT2D eigenvalue weighted by molar-refractivity contribution is 6.05. The Balaban J connectivity index is 1.66. The number of hydrogen-bond donors (Lipinski definition) is 0. The molecule has 8 nitrogen and oxygen atoms in total. The monoisotopic (exact) mass is 549 g/mol. The summed E-state index contributed by atoms with van der Waals surface area (Å²) in [5.41, 5.74) is 3.23. The Morgan fingerprint density at radius 2 is 1.68 bits per heavy atom. The minimum atomic E-state index is -5.37. The zero-order valence-electron chi connectivity index (χ0n) is 21.0. The molecule has 2 aromatic carbocycles. The second-order valence-electron chi connectivity index (χ2n) is 8.81. The number of carbonyl (C=O) groups is 2. The molecule has 0 unspecified atom stereocenters. The molecule has 40 heavy (non-hydrogen) atoms. The van der Waals surface area contributed by atoms with Crippen LogP contribution >= 0.6 is 0 Å². The second kappa shape index (κ2) is 10.2. The van der Waals surface area contributed by atoms with Gasteiger partial charge in [-0.1, -0.05) is 17.7 Å². The summed E-state index contributed by atoms with van der Waals surface area (Å²) in [6.07, 6.45) is -2.62. The molecule has 202 valence electrons. The zero-order valence-corrected chi connectivity index (χ0v) is 21.0. The highest BCUT2D eigenvalue weighted by Gasteiger charge is 2.44. The van der Waals surface area contributed by atoms with Crippen LogP contribution in [0.5, 0.6) is 0 Å². The number of pyridine rings is 1. The summed E-state index contributed by atoms with van der Waals surface area (Å²) in [4.78, 5) is 38.2. The average molecular weight is 549 g/mol. The number of nitrogens with zero attached hydrogens (tertiary/aromatic N) is 5. The molecule has 0 aliphatic carbocycles. The van der Waals surface area contributed by atoms with Crippen molar-refractivity contribution in [2.45, 2.75) is 20.0 Å². The summed E-state index contributed by atoms with van der Waals surface area (Å²) in [7, 11) is 0. The number of imidazole rings is 1. The number of halogens is 4. The standard InChI is InChI=1S/C28H19F4N5O3/c1-16-5-7-18(8-6-16)26(38)37(40-27(39)28(30,31)32)23-15-20(11-13-33-23)25-24(19-9-10-21(29)17(2)14-19)35-22-4-3-12-34-36(22)25/h3-15H,1-2H3. The molecule has 0 aliphatic heterocycles. The number of fused-ring (bicyclic) bond motifs is 1. The lowest BCUT2D eigenvalue weighted by atomic mass is 10.0. The van der Waals surface area contributed by atoms with Crippen LogP contribution in [0.1, 0.15) is 21.5 Å². The number of alkyl halides is 3. The summed E-state index contributed by atoms with van der Waals surface area (Å²) >= 11 is 0. The Hall–Kier alpha value is -5.13. The molecule has 0 saturated carbocycles. The first-order valence-electron chi connectivity index (χ1n) is 11.8. The highest BCUT2D eigenvalue weighted by Crippen LogP contribution is 2.34. The number of benzene rings is 2. The number of carbonyl (C=O) groups excluding carboxylic acids is 2. The van der Waals surface area contributed by atoms with Crippen LogP contribution in [-0.2, 0) is 9.63 Å². The molecule has 12 heteroatoms. The van der Waals surface area contributed by atoms with Gasteiger partial charge >= 0.3 is 12.1 Å². The van der Waals surface area contributed by atoms with Crippen molar-refractivity contribution in [3.63, 3.8) is 0 Å². The molecule has 0 atom stereocenters. The Bertz CT molecular complexity index is 1750. The van der Waals surface area contributed by atoms with E-state index in [4.69, 9.17) is 0 Å². The molecule has 3 heterocycles. The summed E-state index contributed by atoms with van der Waals surface area (Å²) < 4.78 is 54.9. The third kappa shape index (κ3) is 5.10. The van der Waals surface area contributed by atoms with Crippen molar-refractivity contribution in [1.82, 2.24) is 19.6 Å². The van der Waals surface area contributed by atoms with Gasteiger partial charge in [0.05, 0.1) is 5.69 Å². The minimum Gasteiger partial charge on any atom is -0.323 e. The summed E-state index contributed by atoms with van der Waals surface area (Å²) in [6.45, 7) is 3.37. The van der Waals surface area contributed by atoms with Gasteiger partial charge in [0.25, 0.3) is 5.91 Å². The Morgan fingerprint density at radius 3 is 2.38 bits per heavy atom. The van der Waals surface area contributed by atoms with E-state index in [-0.39, 0.29) is 10.6 Å². The fourth-order valence-corrected chi connectivity index (χ4v) is 3.96. The van der Waals surface area contributed by atoms with Crippen LogP contribution in [0.15, 0.2) is 79.1 Å². The van der Waals surface area contributed by atoms with Crippen molar-refractivity contribution in [3.8, 4) is 22.5 Å². The molecular formula is C28H19F4N5O3. The Kier molecular flexibility index (Phi) is 6.76. The van der Waals surface area contributed by atoms with E-state index in [1.54, 1.807) is 44.2 Å². The maximum absolute atomic E-state index is 14.0. The predicted octanol–water partition coefficient (Wildman–Crippen LogP) is 5.88. The quantitative estimate of drug-likeness (QED) is 0.205. The summed E-state index contributed by atoms with van der Waals surface area (Å²) in [5.74, 6) is -4.45. The fourth-order valence-electron chi connectivity index (χ4n) is 3.96. The lowest BCUT2D eigenvalue weighted by Gasteiger charge is -2.21. The minimum absolute atomic E-state index is 0.0354. The van der Waals surface area contributed by atoms with Gasteiger partial charge in [-0.15, -0.1) is 5.06 Å². The maximum Gasteiger partial charge on any atom is 0.493 e. The van der Waals surface area contributed by atoms with Gasteiger partial charge in [0.2, 0.25) is 0 Å². The van der Waals surface area contributed by atoms with Crippen molar-refractivity contribution in [1.29, 1.82) is 0 Å². The Labute approximate surface area is 224 Å². The first-order valence-corrected chi connectivity index (χ1v) is 11.8. The number of rotatable bonds is 4. The van der Waals surface area contributed by atoms with Gasteiger partial charge in [0.15, 0.2) is 11.5 Å². The van der Waals surface area contributed by atoms with Crippen LogP contribution in [0.25, 0.3) is 28.2 Å². The Morgan fingerprint density at radius 1 is 0.925 bits per heavy atom. The molecule has 0 aliphatic rings. The first-order chi connectivity index (χ1) is 19.0. The van der Waals surface area contributed by atoms with E-state index in [1.807, 2.05) is 0 Å². The number of aryl methyl sites for hydroxylation is 2. The van der Waals surface area contributed by atoms with Crippen LogP contribution < -0.4 is 5.06 Å². The molecule has 0 N–H and O–H groups in total. The maximum atomic E-state index is 14.0. The molecular weight excluding hydrogens is 530 g/mol. The van der Waals surface area contributed by atoms with Gasteiger partial charge in [-0.3, -0.25) is 4.79 Å². The SMILES string of the molecule is Cc1ccc(C(=O)N(OC(=O)C(F)(F)F)c2cc(-c3c(-c4ccc(F)c(C)c4)nc4cccnn34)ccn2)cc1. The number of anilines is 1. The smallest absolute Gasteiger partial charge is 0.323 e. The van der Waals surface area contributed by atoms with Crippen molar-refractivity contribution in [2.75, 3.05) is 5.06 Å². The van der Waals surface area contributed by atoms with Crippen molar-refractivity contribution in [3.05, 3.63) is 102 Å². The lowest BCUT2D eigenvalue weighted by molar-refractivity contribution is -0.200. The number of aromatic nitrogens is 4. The van der Waals surface area contributed by atoms with Crippen LogP contribution in [-0.4, -0.2) is 37.6 Å². The molecule has 0 fully saturated rings. The van der Waals surface area contributed by atoms with Crippen LogP contribution in [0, 0.1) is 19.7 Å². The normalized spacial score (nSPS) is 11.4. The molecule has 5 rings (SSSR count). The van der Waals surface area contributed by atoms with Crippen LogP contribution in [0.3, 0.4) is 0 Å². The van der Waals surface area contributed by atoms with E-state index >= 15 is 0 Å². The van der Waals surface area contributed by atoms with E-state index < -0.39 is 29.7 Å². The van der Waals surface area contributed by atoms with E-state index in [0.29, 0.717) is 33.7 Å². The van der Waals surface area contributed by atoms with Gasteiger partial charge in [0, 0.05) is 29.1 Å². The first kappa shape index (κ1) is 26.5. The zero-order chi connectivity index (χ0) is 28.6. The van der Waals surface area contributed by atoms with Crippen molar-refractivity contribution < 1.29 is 32.0 Å². The highest BCUT2D eigenvalue weighted by atomic mass is 19.4. The van der Waals surface area contributed by atoms with Crippen molar-refractivity contribution in [2.24, 2.45) is 0 Å². The van der Waals surface area contributed by atoms with Gasteiger partial charge in [-0.25, -0.2) is 23.7 Å².